The third-order valence-electron chi connectivity index (χ3n) is 3.81. The molecule has 9 heteroatoms. The topological polar surface area (TPSA) is 102 Å². The average molecular weight is 392 g/mol. The lowest BCUT2D eigenvalue weighted by molar-refractivity contribution is -0.0440. The van der Waals surface area contributed by atoms with Crippen molar-refractivity contribution in [1.29, 1.82) is 0 Å². The minimum Gasteiger partial charge on any atom is -0.373 e. The van der Waals surface area contributed by atoms with Gasteiger partial charge in [0.25, 0.3) is 5.91 Å². The molecule has 7 nitrogen and oxygen atoms in total. The molecule has 1 heterocycles. The Morgan fingerprint density at radius 2 is 1.80 bits per heavy atom. The van der Waals surface area contributed by atoms with Crippen molar-refractivity contribution in [3.05, 3.63) is 29.8 Å². The number of amides is 1. The molecule has 0 saturated carbocycles. The number of rotatable bonds is 6. The van der Waals surface area contributed by atoms with Crippen LogP contribution < -0.4 is 11.1 Å². The molecule has 1 amide bonds. The minimum absolute atomic E-state index is 0. The SMILES string of the molecule is CC1CN(S(=O)(=O)c2ccc(C(=O)NCCCN)cc2)CC(C)O1.Cl. The molecule has 1 aliphatic rings. The average Bonchev–Trinajstić information content (AvgIpc) is 2.54. The maximum atomic E-state index is 12.7. The van der Waals surface area contributed by atoms with Gasteiger partial charge in [0.15, 0.2) is 0 Å². The third kappa shape index (κ3) is 5.65. The molecule has 25 heavy (non-hydrogen) atoms. The largest absolute Gasteiger partial charge is 0.373 e. The highest BCUT2D eigenvalue weighted by atomic mass is 35.5. The van der Waals surface area contributed by atoms with E-state index in [0.717, 1.165) is 0 Å². The number of halogens is 1. The Kier molecular flexibility index (Phi) is 8.30. The lowest BCUT2D eigenvalue weighted by Crippen LogP contribution is -2.48. The number of morpholine rings is 1. The number of ether oxygens (including phenoxy) is 1. The van der Waals surface area contributed by atoms with Crippen molar-refractivity contribution in [1.82, 2.24) is 9.62 Å². The first-order valence-electron chi connectivity index (χ1n) is 8.08. The van der Waals surface area contributed by atoms with Crippen LogP contribution >= 0.6 is 12.4 Å². The number of nitrogens with zero attached hydrogens (tertiary/aromatic N) is 1. The summed E-state index contributed by atoms with van der Waals surface area (Å²) in [5.74, 6) is -0.235. The van der Waals surface area contributed by atoms with Gasteiger partial charge in [-0.2, -0.15) is 4.31 Å². The fraction of sp³-hybridized carbons (Fsp3) is 0.562. The number of carbonyl (C=O) groups is 1. The van der Waals surface area contributed by atoms with Gasteiger partial charge in [-0.1, -0.05) is 0 Å². The number of sulfonamides is 1. The van der Waals surface area contributed by atoms with E-state index in [9.17, 15) is 13.2 Å². The zero-order valence-electron chi connectivity index (χ0n) is 14.5. The predicted octanol–water partition coefficient (Wildman–Crippen LogP) is 0.985. The lowest BCUT2D eigenvalue weighted by atomic mass is 10.2. The summed E-state index contributed by atoms with van der Waals surface area (Å²) in [7, 11) is -3.59. The third-order valence-corrected chi connectivity index (χ3v) is 5.65. The van der Waals surface area contributed by atoms with E-state index in [1.807, 2.05) is 13.8 Å². The van der Waals surface area contributed by atoms with Gasteiger partial charge >= 0.3 is 0 Å². The highest BCUT2D eigenvalue weighted by Crippen LogP contribution is 2.21. The van der Waals surface area contributed by atoms with E-state index in [4.69, 9.17) is 10.5 Å². The van der Waals surface area contributed by atoms with E-state index < -0.39 is 10.0 Å². The van der Waals surface area contributed by atoms with Crippen LogP contribution in [0.5, 0.6) is 0 Å². The fourth-order valence-corrected chi connectivity index (χ4v) is 4.25. The number of benzene rings is 1. The Bertz CT molecular complexity index is 656. The molecule has 0 aliphatic carbocycles. The lowest BCUT2D eigenvalue weighted by Gasteiger charge is -2.34. The van der Waals surface area contributed by atoms with Gasteiger partial charge in [-0.25, -0.2) is 8.42 Å². The molecular formula is C16H26ClN3O4S. The van der Waals surface area contributed by atoms with Gasteiger partial charge in [-0.15, -0.1) is 12.4 Å². The standard InChI is InChI=1S/C16H25N3O4S.ClH/c1-12-10-19(11-13(2)23-12)24(21,22)15-6-4-14(5-7-15)16(20)18-9-3-8-17;/h4-7,12-13H,3,8-11,17H2,1-2H3,(H,18,20);1H. The van der Waals surface area contributed by atoms with E-state index >= 15 is 0 Å². The quantitative estimate of drug-likeness (QED) is 0.704. The monoisotopic (exact) mass is 391 g/mol. The molecule has 1 saturated heterocycles. The highest BCUT2D eigenvalue weighted by molar-refractivity contribution is 7.89. The van der Waals surface area contributed by atoms with Crippen LogP contribution in [0.3, 0.4) is 0 Å². The van der Waals surface area contributed by atoms with Crippen LogP contribution in [0.1, 0.15) is 30.6 Å². The van der Waals surface area contributed by atoms with Crippen LogP contribution in [0, 0.1) is 0 Å². The molecule has 1 aromatic carbocycles. The number of hydrogen-bond acceptors (Lipinski definition) is 5. The van der Waals surface area contributed by atoms with E-state index in [1.165, 1.54) is 28.6 Å². The Hall–Kier alpha value is -1.19. The smallest absolute Gasteiger partial charge is 0.251 e. The highest BCUT2D eigenvalue weighted by Gasteiger charge is 2.32. The Labute approximate surface area is 155 Å². The molecule has 1 aliphatic heterocycles. The molecule has 0 aromatic heterocycles. The Balaban J connectivity index is 0.00000312. The molecule has 0 radical (unpaired) electrons. The van der Waals surface area contributed by atoms with Gasteiger partial charge in [-0.05, 0) is 51.1 Å². The zero-order valence-corrected chi connectivity index (χ0v) is 16.1. The van der Waals surface area contributed by atoms with Crippen LogP contribution in [0.25, 0.3) is 0 Å². The van der Waals surface area contributed by atoms with Crippen LogP contribution in [0.2, 0.25) is 0 Å². The van der Waals surface area contributed by atoms with E-state index in [1.54, 1.807) is 0 Å². The molecule has 1 fully saturated rings. The molecule has 2 atom stereocenters. The molecule has 142 valence electrons. The maximum absolute atomic E-state index is 12.7. The van der Waals surface area contributed by atoms with Crippen molar-refractivity contribution in [3.63, 3.8) is 0 Å². The summed E-state index contributed by atoms with van der Waals surface area (Å²) in [6.45, 7) is 5.37. The summed E-state index contributed by atoms with van der Waals surface area (Å²) in [6.07, 6.45) is 0.415. The van der Waals surface area contributed by atoms with Gasteiger partial charge in [0.2, 0.25) is 10.0 Å². The minimum atomic E-state index is -3.59. The number of hydrogen-bond donors (Lipinski definition) is 2. The second-order valence-electron chi connectivity index (χ2n) is 6.00. The maximum Gasteiger partial charge on any atom is 0.251 e. The first kappa shape index (κ1) is 21.9. The van der Waals surface area contributed by atoms with E-state index in [0.29, 0.717) is 38.2 Å². The summed E-state index contributed by atoms with van der Waals surface area (Å²) < 4.78 is 32.5. The molecule has 1 aromatic rings. The van der Waals surface area contributed by atoms with Gasteiger partial charge < -0.3 is 15.8 Å². The van der Waals surface area contributed by atoms with Crippen LogP contribution in [-0.4, -0.2) is 57.0 Å². The molecule has 0 bridgehead atoms. The number of nitrogens with one attached hydrogen (secondary N) is 1. The summed E-state index contributed by atoms with van der Waals surface area (Å²) in [5, 5.41) is 2.74. The number of nitrogens with two attached hydrogens (primary N) is 1. The first-order valence-corrected chi connectivity index (χ1v) is 9.52. The van der Waals surface area contributed by atoms with Crippen molar-refractivity contribution >= 4 is 28.3 Å². The molecular weight excluding hydrogens is 366 g/mol. The summed E-state index contributed by atoms with van der Waals surface area (Å²) >= 11 is 0. The van der Waals surface area contributed by atoms with Crippen molar-refractivity contribution in [2.24, 2.45) is 5.73 Å². The van der Waals surface area contributed by atoms with Crippen molar-refractivity contribution in [3.8, 4) is 0 Å². The second-order valence-corrected chi connectivity index (χ2v) is 7.94. The van der Waals surface area contributed by atoms with Crippen molar-refractivity contribution in [2.45, 2.75) is 37.4 Å². The fourth-order valence-electron chi connectivity index (χ4n) is 2.66. The van der Waals surface area contributed by atoms with Gasteiger partial charge in [0.1, 0.15) is 0 Å². The Morgan fingerprint density at radius 3 is 2.32 bits per heavy atom. The second kappa shape index (κ2) is 9.49. The molecule has 3 N–H and O–H groups in total. The summed E-state index contributed by atoms with van der Waals surface area (Å²) in [6, 6.07) is 5.99. The molecule has 0 spiro atoms. The van der Waals surface area contributed by atoms with Crippen molar-refractivity contribution < 1.29 is 17.9 Å². The van der Waals surface area contributed by atoms with Gasteiger partial charge in [0.05, 0.1) is 17.1 Å². The predicted molar refractivity (Wildman–Crippen MR) is 98.5 cm³/mol. The van der Waals surface area contributed by atoms with Crippen LogP contribution in [0.4, 0.5) is 0 Å². The first-order chi connectivity index (χ1) is 11.3. The summed E-state index contributed by atoms with van der Waals surface area (Å²) in [4.78, 5) is 12.1. The zero-order chi connectivity index (χ0) is 17.7. The normalized spacial score (nSPS) is 21.4. The van der Waals surface area contributed by atoms with Crippen molar-refractivity contribution in [2.75, 3.05) is 26.2 Å². The van der Waals surface area contributed by atoms with Gasteiger partial charge in [-0.3, -0.25) is 4.79 Å². The Morgan fingerprint density at radius 1 is 1.24 bits per heavy atom. The van der Waals surface area contributed by atoms with Gasteiger partial charge in [0, 0.05) is 25.2 Å². The summed E-state index contributed by atoms with van der Waals surface area (Å²) in [5.41, 5.74) is 5.81. The number of carbonyl (C=O) groups excluding carboxylic acids is 1. The van der Waals surface area contributed by atoms with Crippen LogP contribution in [-0.2, 0) is 14.8 Å². The van der Waals surface area contributed by atoms with E-state index in [2.05, 4.69) is 5.32 Å². The molecule has 2 rings (SSSR count). The van der Waals surface area contributed by atoms with Crippen LogP contribution in [0.15, 0.2) is 29.2 Å². The molecule has 2 unspecified atom stereocenters. The van der Waals surface area contributed by atoms with E-state index in [-0.39, 0.29) is 35.4 Å².